The summed E-state index contributed by atoms with van der Waals surface area (Å²) in [5.74, 6) is 0.904. The van der Waals surface area contributed by atoms with Crippen LogP contribution < -0.4 is 16.2 Å². The minimum Gasteiger partial charge on any atom is -0.507 e. The van der Waals surface area contributed by atoms with E-state index in [1.165, 1.54) is 6.07 Å². The van der Waals surface area contributed by atoms with E-state index in [0.717, 1.165) is 22.3 Å². The second kappa shape index (κ2) is 11.4. The molecule has 0 atom stereocenters. The summed E-state index contributed by atoms with van der Waals surface area (Å²) < 4.78 is 10.3. The Morgan fingerprint density at radius 2 is 1.33 bits per heavy atom. The van der Waals surface area contributed by atoms with Crippen molar-refractivity contribution in [3.05, 3.63) is 77.9 Å². The number of esters is 1. The molecule has 0 aliphatic heterocycles. The van der Waals surface area contributed by atoms with Crippen LogP contribution in [0.2, 0.25) is 0 Å². The standard InChI is InChI=1S/C27H27N5O4/c1-2-35-24(34)16-36-21-11-12-22(23(33)13-21)27-31-25(19-7-3-17(14-28)4-8-19)30-26(32-27)20-9-5-18(15-29)6-10-20/h3-13,33H,2,14-16,28-29H2,1H3. The Morgan fingerprint density at radius 1 is 0.806 bits per heavy atom. The molecule has 0 bridgehead atoms. The van der Waals surface area contributed by atoms with Crippen LogP contribution in [0.4, 0.5) is 0 Å². The van der Waals surface area contributed by atoms with E-state index in [9.17, 15) is 9.90 Å². The van der Waals surface area contributed by atoms with Gasteiger partial charge in [-0.15, -0.1) is 0 Å². The highest BCUT2D eigenvalue weighted by Gasteiger charge is 2.16. The Kier molecular flexibility index (Phi) is 7.84. The van der Waals surface area contributed by atoms with Crippen molar-refractivity contribution in [2.75, 3.05) is 13.2 Å². The summed E-state index contributed by atoms with van der Waals surface area (Å²) in [4.78, 5) is 25.5. The second-order valence-electron chi connectivity index (χ2n) is 7.88. The zero-order chi connectivity index (χ0) is 25.5. The molecule has 0 fully saturated rings. The highest BCUT2D eigenvalue weighted by Crippen LogP contribution is 2.32. The molecule has 0 spiro atoms. The van der Waals surface area contributed by atoms with E-state index in [2.05, 4.69) is 15.0 Å². The van der Waals surface area contributed by atoms with E-state index >= 15 is 0 Å². The third-order valence-corrected chi connectivity index (χ3v) is 5.40. The van der Waals surface area contributed by atoms with Gasteiger partial charge in [0.25, 0.3) is 0 Å². The Morgan fingerprint density at radius 3 is 1.81 bits per heavy atom. The molecule has 9 nitrogen and oxygen atoms in total. The lowest BCUT2D eigenvalue weighted by atomic mass is 10.1. The summed E-state index contributed by atoms with van der Waals surface area (Å²) in [6.07, 6.45) is 0. The third-order valence-electron chi connectivity index (χ3n) is 5.40. The molecule has 4 rings (SSSR count). The van der Waals surface area contributed by atoms with Gasteiger partial charge in [-0.3, -0.25) is 0 Å². The van der Waals surface area contributed by atoms with E-state index in [-0.39, 0.29) is 24.8 Å². The van der Waals surface area contributed by atoms with Gasteiger partial charge in [0.2, 0.25) is 0 Å². The Hall–Kier alpha value is -4.34. The van der Waals surface area contributed by atoms with Gasteiger partial charge in [0.1, 0.15) is 11.5 Å². The minimum atomic E-state index is -0.492. The van der Waals surface area contributed by atoms with Crippen molar-refractivity contribution in [2.45, 2.75) is 20.0 Å². The number of aromatic hydroxyl groups is 1. The quantitative estimate of drug-likeness (QED) is 0.303. The average Bonchev–Trinajstić information content (AvgIpc) is 2.92. The predicted molar refractivity (Wildman–Crippen MR) is 136 cm³/mol. The molecule has 5 N–H and O–H groups in total. The molecule has 1 heterocycles. The molecule has 9 heteroatoms. The smallest absolute Gasteiger partial charge is 0.344 e. The highest BCUT2D eigenvalue weighted by molar-refractivity contribution is 5.72. The summed E-state index contributed by atoms with van der Waals surface area (Å²) in [5, 5.41) is 10.7. The van der Waals surface area contributed by atoms with Crippen molar-refractivity contribution in [2.24, 2.45) is 11.5 Å². The number of nitrogens with two attached hydrogens (primary N) is 2. The summed E-state index contributed by atoms with van der Waals surface area (Å²) in [5.41, 5.74) is 15.4. The van der Waals surface area contributed by atoms with Crippen LogP contribution in [0.15, 0.2) is 66.7 Å². The Balaban J connectivity index is 1.73. The van der Waals surface area contributed by atoms with Gasteiger partial charge in [0.05, 0.1) is 12.2 Å². The number of benzene rings is 3. The summed E-state index contributed by atoms with van der Waals surface area (Å²) >= 11 is 0. The first kappa shape index (κ1) is 24.8. The number of rotatable bonds is 9. The summed E-state index contributed by atoms with van der Waals surface area (Å²) in [6.45, 7) is 2.58. The molecule has 0 radical (unpaired) electrons. The number of hydrogen-bond acceptors (Lipinski definition) is 9. The number of carbonyl (C=O) groups is 1. The molecule has 0 aliphatic carbocycles. The lowest BCUT2D eigenvalue weighted by molar-refractivity contribution is -0.145. The van der Waals surface area contributed by atoms with Crippen molar-refractivity contribution in [3.63, 3.8) is 0 Å². The average molecular weight is 486 g/mol. The van der Waals surface area contributed by atoms with Crippen LogP contribution in [0, 0.1) is 0 Å². The number of hydrogen-bond donors (Lipinski definition) is 3. The molecule has 4 aromatic rings. The van der Waals surface area contributed by atoms with Crippen LogP contribution >= 0.6 is 0 Å². The maximum absolute atomic E-state index is 11.6. The molecule has 1 aromatic heterocycles. The zero-order valence-corrected chi connectivity index (χ0v) is 19.8. The van der Waals surface area contributed by atoms with Crippen molar-refractivity contribution in [1.29, 1.82) is 0 Å². The van der Waals surface area contributed by atoms with Gasteiger partial charge in [0, 0.05) is 30.3 Å². The first-order valence-corrected chi connectivity index (χ1v) is 11.5. The minimum absolute atomic E-state index is 0.101. The van der Waals surface area contributed by atoms with Gasteiger partial charge < -0.3 is 26.0 Å². The fraction of sp³-hybridized carbons (Fsp3) is 0.185. The molecular weight excluding hydrogens is 458 g/mol. The molecule has 0 saturated heterocycles. The van der Waals surface area contributed by atoms with Crippen LogP contribution in [0.3, 0.4) is 0 Å². The molecule has 184 valence electrons. The van der Waals surface area contributed by atoms with Gasteiger partial charge in [0.15, 0.2) is 24.1 Å². The first-order valence-electron chi connectivity index (χ1n) is 11.5. The largest absolute Gasteiger partial charge is 0.507 e. The van der Waals surface area contributed by atoms with Crippen LogP contribution in [-0.4, -0.2) is 39.2 Å². The van der Waals surface area contributed by atoms with Gasteiger partial charge in [-0.1, -0.05) is 48.5 Å². The molecular formula is C27H27N5O4. The Bertz CT molecular complexity index is 1280. The number of phenols is 1. The molecule has 0 saturated carbocycles. The van der Waals surface area contributed by atoms with Gasteiger partial charge in [-0.2, -0.15) is 0 Å². The number of carbonyl (C=O) groups excluding carboxylic acids is 1. The van der Waals surface area contributed by atoms with E-state index < -0.39 is 5.97 Å². The molecule has 0 amide bonds. The predicted octanol–water partition coefficient (Wildman–Crippen LogP) is 3.44. The van der Waals surface area contributed by atoms with Crippen LogP contribution in [-0.2, 0) is 22.6 Å². The maximum atomic E-state index is 11.6. The van der Waals surface area contributed by atoms with Gasteiger partial charge in [-0.25, -0.2) is 19.7 Å². The summed E-state index contributed by atoms with van der Waals surface area (Å²) in [6, 6.07) is 19.9. The normalized spacial score (nSPS) is 10.8. The van der Waals surface area contributed by atoms with Gasteiger partial charge in [-0.05, 0) is 30.2 Å². The monoisotopic (exact) mass is 485 g/mol. The first-order chi connectivity index (χ1) is 17.5. The van der Waals surface area contributed by atoms with E-state index in [1.807, 2.05) is 48.5 Å². The summed E-state index contributed by atoms with van der Waals surface area (Å²) in [7, 11) is 0. The second-order valence-corrected chi connectivity index (χ2v) is 7.88. The third kappa shape index (κ3) is 5.83. The van der Waals surface area contributed by atoms with Crippen LogP contribution in [0.25, 0.3) is 34.2 Å². The van der Waals surface area contributed by atoms with Gasteiger partial charge >= 0.3 is 5.97 Å². The molecule has 0 aliphatic rings. The van der Waals surface area contributed by atoms with Crippen LogP contribution in [0.5, 0.6) is 11.5 Å². The van der Waals surface area contributed by atoms with Crippen molar-refractivity contribution < 1.29 is 19.4 Å². The number of aromatic nitrogens is 3. The molecule has 0 unspecified atom stereocenters. The number of nitrogens with zero attached hydrogens (tertiary/aromatic N) is 3. The lowest BCUT2D eigenvalue weighted by Gasteiger charge is -2.11. The number of phenolic OH excluding ortho intramolecular Hbond substituents is 1. The van der Waals surface area contributed by atoms with Crippen molar-refractivity contribution >= 4 is 5.97 Å². The van der Waals surface area contributed by atoms with E-state index in [0.29, 0.717) is 36.1 Å². The van der Waals surface area contributed by atoms with E-state index in [4.69, 9.17) is 20.9 Å². The zero-order valence-electron chi connectivity index (χ0n) is 19.8. The topological polar surface area (TPSA) is 146 Å². The lowest BCUT2D eigenvalue weighted by Crippen LogP contribution is -2.14. The fourth-order valence-electron chi connectivity index (χ4n) is 3.47. The molecule has 36 heavy (non-hydrogen) atoms. The molecule has 3 aromatic carbocycles. The fourth-order valence-corrected chi connectivity index (χ4v) is 3.47. The maximum Gasteiger partial charge on any atom is 0.344 e. The Labute approximate surface area is 208 Å². The van der Waals surface area contributed by atoms with E-state index in [1.54, 1.807) is 19.1 Å². The van der Waals surface area contributed by atoms with Crippen molar-refractivity contribution in [1.82, 2.24) is 15.0 Å². The highest BCUT2D eigenvalue weighted by atomic mass is 16.6. The number of ether oxygens (including phenoxy) is 2. The van der Waals surface area contributed by atoms with Crippen molar-refractivity contribution in [3.8, 4) is 45.7 Å². The van der Waals surface area contributed by atoms with Crippen LogP contribution in [0.1, 0.15) is 18.1 Å². The SMILES string of the molecule is CCOC(=O)COc1ccc(-c2nc(-c3ccc(CN)cc3)nc(-c3ccc(CN)cc3)n2)c(O)c1.